The molecule has 1 saturated carbocycles. The lowest BCUT2D eigenvalue weighted by atomic mass is 9.71. The largest absolute Gasteiger partial charge is 0.389 e. The molecule has 18 heavy (non-hydrogen) atoms. The minimum absolute atomic E-state index is 0.262. The number of hydrogen-bond acceptors (Lipinski definition) is 2. The van der Waals surface area contributed by atoms with Crippen LogP contribution in [0.1, 0.15) is 38.5 Å². The van der Waals surface area contributed by atoms with E-state index in [0.29, 0.717) is 0 Å². The summed E-state index contributed by atoms with van der Waals surface area (Å²) in [5, 5.41) is 11.0. The third kappa shape index (κ3) is 3.24. The van der Waals surface area contributed by atoms with E-state index >= 15 is 0 Å². The lowest BCUT2D eigenvalue weighted by Crippen LogP contribution is -2.45. The standard InChI is InChI=1S/C16H26NO/c1-17(2)13-15(14-9-5-3-6-10-14)16(18)11-7-4-8-12-16/h3,5,9-10,15,18H,4,6-8,11-13H2,1-2H3. The SMILES string of the molecule is CN(C)CC(C1=CC[CH]C=C1)C1(O)CCCCC1. The highest BCUT2D eigenvalue weighted by Crippen LogP contribution is 2.39. The van der Waals surface area contributed by atoms with Gasteiger partial charge in [-0.25, -0.2) is 0 Å². The zero-order valence-corrected chi connectivity index (χ0v) is 11.7. The molecular formula is C16H26NO. The Morgan fingerprint density at radius 1 is 1.28 bits per heavy atom. The fourth-order valence-corrected chi connectivity index (χ4v) is 3.25. The van der Waals surface area contributed by atoms with E-state index in [4.69, 9.17) is 0 Å². The van der Waals surface area contributed by atoms with Gasteiger partial charge < -0.3 is 10.0 Å². The topological polar surface area (TPSA) is 23.5 Å². The Balaban J connectivity index is 2.18. The molecule has 1 radical (unpaired) electrons. The van der Waals surface area contributed by atoms with Crippen LogP contribution in [0.3, 0.4) is 0 Å². The number of rotatable bonds is 4. The van der Waals surface area contributed by atoms with Crippen LogP contribution in [0.2, 0.25) is 0 Å². The van der Waals surface area contributed by atoms with Crippen LogP contribution < -0.4 is 0 Å². The van der Waals surface area contributed by atoms with Crippen molar-refractivity contribution in [1.82, 2.24) is 4.90 Å². The summed E-state index contributed by atoms with van der Waals surface area (Å²) in [5.74, 6) is 0.262. The molecule has 1 fully saturated rings. The highest BCUT2D eigenvalue weighted by Gasteiger charge is 2.39. The molecule has 0 bridgehead atoms. The van der Waals surface area contributed by atoms with Gasteiger partial charge in [0.1, 0.15) is 0 Å². The van der Waals surface area contributed by atoms with Gasteiger partial charge in [0.05, 0.1) is 5.60 Å². The highest BCUT2D eigenvalue weighted by molar-refractivity contribution is 5.31. The van der Waals surface area contributed by atoms with Crippen molar-refractivity contribution in [2.24, 2.45) is 5.92 Å². The summed E-state index contributed by atoms with van der Waals surface area (Å²) in [5.41, 5.74) is 0.839. The normalized spacial score (nSPS) is 25.0. The molecule has 2 aliphatic rings. The van der Waals surface area contributed by atoms with Gasteiger partial charge in [-0.3, -0.25) is 0 Å². The predicted octanol–water partition coefficient (Wildman–Crippen LogP) is 2.95. The summed E-state index contributed by atoms with van der Waals surface area (Å²) in [7, 11) is 4.19. The van der Waals surface area contributed by atoms with E-state index in [1.54, 1.807) is 0 Å². The summed E-state index contributed by atoms with van der Waals surface area (Å²) in [6, 6.07) is 0. The molecule has 101 valence electrons. The van der Waals surface area contributed by atoms with E-state index in [1.165, 1.54) is 24.8 Å². The van der Waals surface area contributed by atoms with Crippen molar-refractivity contribution < 1.29 is 5.11 Å². The fourth-order valence-electron chi connectivity index (χ4n) is 3.25. The van der Waals surface area contributed by atoms with Crippen LogP contribution >= 0.6 is 0 Å². The van der Waals surface area contributed by atoms with Gasteiger partial charge in [0.15, 0.2) is 0 Å². The van der Waals surface area contributed by atoms with Crippen molar-refractivity contribution in [3.63, 3.8) is 0 Å². The molecule has 0 heterocycles. The zero-order valence-electron chi connectivity index (χ0n) is 11.7. The minimum atomic E-state index is -0.490. The first-order chi connectivity index (χ1) is 8.62. The minimum Gasteiger partial charge on any atom is -0.389 e. The molecule has 1 atom stereocenters. The summed E-state index contributed by atoms with van der Waals surface area (Å²) >= 11 is 0. The number of aliphatic hydroxyl groups is 1. The Morgan fingerprint density at radius 3 is 2.56 bits per heavy atom. The first-order valence-corrected chi connectivity index (χ1v) is 7.19. The number of nitrogens with zero attached hydrogens (tertiary/aromatic N) is 1. The van der Waals surface area contributed by atoms with Crippen LogP contribution in [0.5, 0.6) is 0 Å². The summed E-state index contributed by atoms with van der Waals surface area (Å²) < 4.78 is 0. The zero-order chi connectivity index (χ0) is 13.0. The van der Waals surface area contributed by atoms with E-state index in [0.717, 1.165) is 25.8 Å². The second kappa shape index (κ2) is 6.03. The van der Waals surface area contributed by atoms with E-state index in [2.05, 4.69) is 43.6 Å². The Bertz CT molecular complexity index is 324. The maximum absolute atomic E-state index is 11.0. The Hall–Kier alpha value is -0.600. The van der Waals surface area contributed by atoms with Crippen LogP contribution in [0.25, 0.3) is 0 Å². The molecule has 2 heteroatoms. The van der Waals surface area contributed by atoms with Gasteiger partial charge in [-0.2, -0.15) is 0 Å². The molecule has 1 N–H and O–H groups in total. The maximum atomic E-state index is 11.0. The molecule has 2 aliphatic carbocycles. The Kier molecular flexibility index (Phi) is 4.63. The molecule has 0 aliphatic heterocycles. The molecule has 0 saturated heterocycles. The maximum Gasteiger partial charge on any atom is 0.0728 e. The average Bonchev–Trinajstić information content (AvgIpc) is 2.37. The monoisotopic (exact) mass is 248 g/mol. The molecule has 0 amide bonds. The van der Waals surface area contributed by atoms with Crippen LogP contribution in [0, 0.1) is 12.3 Å². The highest BCUT2D eigenvalue weighted by atomic mass is 16.3. The van der Waals surface area contributed by atoms with Gasteiger partial charge >= 0.3 is 0 Å². The van der Waals surface area contributed by atoms with E-state index < -0.39 is 5.60 Å². The molecule has 0 aromatic rings. The number of allylic oxidation sites excluding steroid dienone is 3. The average molecular weight is 248 g/mol. The van der Waals surface area contributed by atoms with Gasteiger partial charge in [-0.05, 0) is 45.4 Å². The smallest absolute Gasteiger partial charge is 0.0728 e. The van der Waals surface area contributed by atoms with Gasteiger partial charge in [0, 0.05) is 12.5 Å². The summed E-state index contributed by atoms with van der Waals surface area (Å²) in [6.45, 7) is 0.937. The van der Waals surface area contributed by atoms with Crippen molar-refractivity contribution >= 4 is 0 Å². The second-order valence-electron chi connectivity index (χ2n) is 6.01. The first-order valence-electron chi connectivity index (χ1n) is 7.19. The third-order valence-electron chi connectivity index (χ3n) is 4.23. The van der Waals surface area contributed by atoms with E-state index in [1.807, 2.05) is 0 Å². The van der Waals surface area contributed by atoms with Crippen molar-refractivity contribution in [2.45, 2.75) is 44.1 Å². The summed E-state index contributed by atoms with van der Waals surface area (Å²) in [4.78, 5) is 2.20. The van der Waals surface area contributed by atoms with Crippen molar-refractivity contribution in [3.05, 3.63) is 30.2 Å². The molecule has 2 rings (SSSR count). The number of hydrogen-bond donors (Lipinski definition) is 1. The third-order valence-corrected chi connectivity index (χ3v) is 4.23. The molecule has 2 nitrogen and oxygen atoms in total. The van der Waals surface area contributed by atoms with Crippen LogP contribution in [0.15, 0.2) is 23.8 Å². The van der Waals surface area contributed by atoms with Crippen LogP contribution in [0.4, 0.5) is 0 Å². The first kappa shape index (κ1) is 13.8. The summed E-state index contributed by atoms with van der Waals surface area (Å²) in [6.07, 6.45) is 15.3. The fraction of sp³-hybridized carbons (Fsp3) is 0.688. The molecule has 1 unspecified atom stereocenters. The molecular weight excluding hydrogens is 222 g/mol. The van der Waals surface area contributed by atoms with Crippen molar-refractivity contribution in [1.29, 1.82) is 0 Å². The van der Waals surface area contributed by atoms with Crippen molar-refractivity contribution in [3.8, 4) is 0 Å². The lowest BCUT2D eigenvalue weighted by molar-refractivity contribution is -0.0421. The van der Waals surface area contributed by atoms with Crippen LogP contribution in [-0.4, -0.2) is 36.2 Å². The second-order valence-corrected chi connectivity index (χ2v) is 6.01. The lowest BCUT2D eigenvalue weighted by Gasteiger charge is -2.41. The van der Waals surface area contributed by atoms with Gasteiger partial charge in [-0.15, -0.1) is 0 Å². The Labute approximate surface area is 111 Å². The van der Waals surface area contributed by atoms with Gasteiger partial charge in [0.25, 0.3) is 0 Å². The van der Waals surface area contributed by atoms with E-state index in [-0.39, 0.29) is 5.92 Å². The Morgan fingerprint density at radius 2 is 2.00 bits per heavy atom. The molecule has 0 spiro atoms. The van der Waals surface area contributed by atoms with Crippen molar-refractivity contribution in [2.75, 3.05) is 20.6 Å². The van der Waals surface area contributed by atoms with E-state index in [9.17, 15) is 5.11 Å². The quantitative estimate of drug-likeness (QED) is 0.827. The molecule has 0 aromatic carbocycles. The van der Waals surface area contributed by atoms with Gasteiger partial charge in [0.2, 0.25) is 0 Å². The predicted molar refractivity (Wildman–Crippen MR) is 76.2 cm³/mol. The molecule has 0 aromatic heterocycles. The van der Waals surface area contributed by atoms with Gasteiger partial charge in [-0.1, -0.05) is 37.5 Å². The van der Waals surface area contributed by atoms with Crippen LogP contribution in [-0.2, 0) is 0 Å².